The number of likely N-dealkylation sites (tertiary alicyclic amines) is 1. The number of carboxylic acid groups (broad SMARTS) is 1. The Morgan fingerprint density at radius 2 is 1.97 bits per heavy atom. The number of nitrogens with one attached hydrogen (secondary N) is 1. The minimum Gasteiger partial charge on any atom is -0.497 e. The van der Waals surface area contributed by atoms with Crippen molar-refractivity contribution in [3.05, 3.63) is 34.6 Å². The number of hydrogen-bond acceptors (Lipinski definition) is 6. The smallest absolute Gasteiger partial charge is 0.407 e. The van der Waals surface area contributed by atoms with Gasteiger partial charge in [0.05, 0.1) is 47.9 Å². The molecular formula is C23H31ClN4O4. The van der Waals surface area contributed by atoms with Gasteiger partial charge in [-0.1, -0.05) is 32.4 Å². The third kappa shape index (κ3) is 5.24. The molecule has 174 valence electrons. The fourth-order valence-corrected chi connectivity index (χ4v) is 4.09. The van der Waals surface area contributed by atoms with E-state index in [0.29, 0.717) is 49.1 Å². The molecule has 2 aromatic rings. The third-order valence-corrected chi connectivity index (χ3v) is 5.85. The lowest BCUT2D eigenvalue weighted by atomic mass is 10.1. The first-order valence-corrected chi connectivity index (χ1v) is 11.4. The quantitative estimate of drug-likeness (QED) is 0.566. The number of anilines is 1. The second-order valence-corrected chi connectivity index (χ2v) is 8.12. The van der Waals surface area contributed by atoms with Crippen LogP contribution < -0.4 is 10.1 Å². The van der Waals surface area contributed by atoms with E-state index in [1.54, 1.807) is 13.2 Å². The van der Waals surface area contributed by atoms with Crippen molar-refractivity contribution in [3.8, 4) is 17.0 Å². The summed E-state index contributed by atoms with van der Waals surface area (Å²) in [5.41, 5.74) is 3.17. The maximum absolute atomic E-state index is 11.5. The average Bonchev–Trinajstić information content (AvgIpc) is 3.20. The van der Waals surface area contributed by atoms with E-state index in [0.717, 1.165) is 29.1 Å². The van der Waals surface area contributed by atoms with E-state index in [4.69, 9.17) is 31.0 Å². The second kappa shape index (κ2) is 10.8. The fraction of sp³-hybridized carbons (Fsp3) is 0.522. The predicted octanol–water partition coefficient (Wildman–Crippen LogP) is 4.50. The lowest BCUT2D eigenvalue weighted by molar-refractivity contribution is 0.0541. The Hall–Kier alpha value is -2.58. The molecule has 1 saturated heterocycles. The van der Waals surface area contributed by atoms with Crippen LogP contribution in [0.3, 0.4) is 0 Å². The molecule has 9 heteroatoms. The van der Waals surface area contributed by atoms with E-state index in [2.05, 4.69) is 5.32 Å². The molecule has 1 aromatic heterocycles. The summed E-state index contributed by atoms with van der Waals surface area (Å²) >= 11 is 6.52. The van der Waals surface area contributed by atoms with Crippen LogP contribution in [0, 0.1) is 0 Å². The van der Waals surface area contributed by atoms with E-state index in [1.807, 2.05) is 32.9 Å². The molecule has 1 aliphatic heterocycles. The minimum absolute atomic E-state index is 0.197. The van der Waals surface area contributed by atoms with Crippen molar-refractivity contribution in [2.75, 3.05) is 32.1 Å². The van der Waals surface area contributed by atoms with Crippen molar-refractivity contribution in [1.29, 1.82) is 0 Å². The van der Waals surface area contributed by atoms with Gasteiger partial charge in [0.15, 0.2) is 0 Å². The molecular weight excluding hydrogens is 432 g/mol. The molecule has 1 amide bonds. The molecule has 0 spiro atoms. The Balaban J connectivity index is 1.94. The van der Waals surface area contributed by atoms with Gasteiger partial charge >= 0.3 is 6.09 Å². The zero-order valence-electron chi connectivity index (χ0n) is 19.0. The van der Waals surface area contributed by atoms with Crippen molar-refractivity contribution in [2.24, 2.45) is 0 Å². The van der Waals surface area contributed by atoms with Crippen LogP contribution in [-0.2, 0) is 17.6 Å². The Bertz CT molecular complexity index is 956. The van der Waals surface area contributed by atoms with Crippen molar-refractivity contribution >= 4 is 23.5 Å². The molecule has 3 rings (SSSR count). The van der Waals surface area contributed by atoms with Gasteiger partial charge in [-0.15, -0.1) is 0 Å². The van der Waals surface area contributed by atoms with Gasteiger partial charge in [-0.3, -0.25) is 0 Å². The van der Waals surface area contributed by atoms with Crippen LogP contribution >= 0.6 is 11.6 Å². The lowest BCUT2D eigenvalue weighted by Gasteiger charge is -2.22. The maximum Gasteiger partial charge on any atom is 0.407 e. The van der Waals surface area contributed by atoms with E-state index >= 15 is 0 Å². The number of nitrogens with zero attached hydrogens (tertiary/aromatic N) is 3. The molecule has 0 bridgehead atoms. The van der Waals surface area contributed by atoms with Gasteiger partial charge in [0.25, 0.3) is 0 Å². The second-order valence-electron chi connectivity index (χ2n) is 7.71. The standard InChI is InChI=1S/C23H31ClN4O4/c1-5-10-32-20-13-28(23(29)30)12-19(20)27-22-18(7-3)25-21(17(6-2)26-22)15-9-8-14(31-4)11-16(15)24/h8-9,11,19-20H,5-7,10,12-13H2,1-4H3,(H,26,27)(H,29,30)/t19-,20+/m1/s1. The highest BCUT2D eigenvalue weighted by molar-refractivity contribution is 6.33. The number of hydrogen-bond donors (Lipinski definition) is 2. The van der Waals surface area contributed by atoms with Gasteiger partial charge in [-0.05, 0) is 37.5 Å². The minimum atomic E-state index is -0.944. The summed E-state index contributed by atoms with van der Waals surface area (Å²) in [6, 6.07) is 5.32. The molecule has 0 aliphatic carbocycles. The number of aryl methyl sites for hydroxylation is 2. The number of halogens is 1. The maximum atomic E-state index is 11.5. The van der Waals surface area contributed by atoms with Crippen molar-refractivity contribution in [1.82, 2.24) is 14.9 Å². The van der Waals surface area contributed by atoms with Crippen LogP contribution in [0.1, 0.15) is 38.6 Å². The van der Waals surface area contributed by atoms with Crippen molar-refractivity contribution in [3.63, 3.8) is 0 Å². The number of amides is 1. The Kier molecular flexibility index (Phi) is 8.15. The summed E-state index contributed by atoms with van der Waals surface area (Å²) in [6.07, 6.45) is 1.02. The molecule has 2 N–H and O–H groups in total. The average molecular weight is 463 g/mol. The van der Waals surface area contributed by atoms with E-state index in [9.17, 15) is 9.90 Å². The van der Waals surface area contributed by atoms with Gasteiger partial charge in [0.1, 0.15) is 11.6 Å². The largest absolute Gasteiger partial charge is 0.497 e. The normalized spacial score (nSPS) is 18.1. The summed E-state index contributed by atoms with van der Waals surface area (Å²) in [7, 11) is 1.60. The first kappa shape index (κ1) is 24.1. The highest BCUT2D eigenvalue weighted by Gasteiger charge is 2.36. The molecule has 0 radical (unpaired) electrons. The molecule has 32 heavy (non-hydrogen) atoms. The molecule has 8 nitrogen and oxygen atoms in total. The van der Waals surface area contributed by atoms with E-state index < -0.39 is 6.09 Å². The number of aromatic nitrogens is 2. The van der Waals surface area contributed by atoms with Crippen LogP contribution in [0.4, 0.5) is 10.6 Å². The summed E-state index contributed by atoms with van der Waals surface area (Å²) in [5, 5.41) is 13.4. The number of rotatable bonds is 9. The highest BCUT2D eigenvalue weighted by Crippen LogP contribution is 2.33. The van der Waals surface area contributed by atoms with E-state index in [1.165, 1.54) is 4.90 Å². The summed E-state index contributed by atoms with van der Waals surface area (Å²) in [4.78, 5) is 22.7. The summed E-state index contributed by atoms with van der Waals surface area (Å²) < 4.78 is 11.2. The molecule has 1 aromatic carbocycles. The lowest BCUT2D eigenvalue weighted by Crippen LogP contribution is -2.35. The molecule has 1 aliphatic rings. The fourth-order valence-electron chi connectivity index (χ4n) is 3.83. The Morgan fingerprint density at radius 1 is 1.22 bits per heavy atom. The van der Waals surface area contributed by atoms with Gasteiger partial charge < -0.3 is 24.8 Å². The van der Waals surface area contributed by atoms with Crippen LogP contribution in [0.25, 0.3) is 11.3 Å². The number of carbonyl (C=O) groups is 1. The summed E-state index contributed by atoms with van der Waals surface area (Å²) in [6.45, 7) is 7.32. The van der Waals surface area contributed by atoms with Crippen molar-refractivity contribution in [2.45, 2.75) is 52.2 Å². The highest BCUT2D eigenvalue weighted by atomic mass is 35.5. The van der Waals surface area contributed by atoms with Crippen LogP contribution in [0.15, 0.2) is 18.2 Å². The van der Waals surface area contributed by atoms with Crippen LogP contribution in [0.2, 0.25) is 5.02 Å². The van der Waals surface area contributed by atoms with Crippen molar-refractivity contribution < 1.29 is 19.4 Å². The van der Waals surface area contributed by atoms with Gasteiger partial charge in [0.2, 0.25) is 0 Å². The number of benzene rings is 1. The van der Waals surface area contributed by atoms with E-state index in [-0.39, 0.29) is 12.1 Å². The summed E-state index contributed by atoms with van der Waals surface area (Å²) in [5.74, 6) is 1.35. The first-order valence-electron chi connectivity index (χ1n) is 11.0. The third-order valence-electron chi connectivity index (χ3n) is 5.54. The number of ether oxygens (including phenoxy) is 2. The first-order chi connectivity index (χ1) is 15.4. The predicted molar refractivity (Wildman–Crippen MR) is 125 cm³/mol. The topological polar surface area (TPSA) is 96.8 Å². The zero-order valence-corrected chi connectivity index (χ0v) is 19.8. The SMILES string of the molecule is CCCO[C@H]1CN(C(=O)O)C[C@H]1Nc1nc(CC)c(-c2ccc(OC)cc2Cl)nc1CC. The monoisotopic (exact) mass is 462 g/mol. The number of methoxy groups -OCH3 is 1. The zero-order chi connectivity index (χ0) is 23.3. The van der Waals surface area contributed by atoms with Crippen LogP contribution in [-0.4, -0.2) is 65.0 Å². The Morgan fingerprint density at radius 3 is 2.56 bits per heavy atom. The molecule has 0 unspecified atom stereocenters. The Labute approximate surface area is 193 Å². The molecule has 1 fully saturated rings. The molecule has 2 atom stereocenters. The molecule has 0 saturated carbocycles. The van der Waals surface area contributed by atoms with Gasteiger partial charge in [0, 0.05) is 18.7 Å². The van der Waals surface area contributed by atoms with Gasteiger partial charge in [-0.25, -0.2) is 14.8 Å². The molecule has 2 heterocycles. The van der Waals surface area contributed by atoms with Crippen LogP contribution in [0.5, 0.6) is 5.75 Å². The van der Waals surface area contributed by atoms with Gasteiger partial charge in [-0.2, -0.15) is 0 Å².